The summed E-state index contributed by atoms with van der Waals surface area (Å²) in [4.78, 5) is 12.5. The van der Waals surface area contributed by atoms with Gasteiger partial charge in [-0.25, -0.2) is 8.42 Å². The Kier molecular flexibility index (Phi) is 6.30. The quantitative estimate of drug-likeness (QED) is 0.560. The van der Waals surface area contributed by atoms with Gasteiger partial charge >= 0.3 is 6.18 Å². The molecule has 0 bridgehead atoms. The van der Waals surface area contributed by atoms with Crippen LogP contribution in [0.3, 0.4) is 0 Å². The fraction of sp³-hybridized carbons (Fsp3) is 0.333. The molecule has 2 N–H and O–H groups in total. The Bertz CT molecular complexity index is 1210. The summed E-state index contributed by atoms with van der Waals surface area (Å²) in [5.74, 6) is -0.560. The molecule has 1 aromatic carbocycles. The maximum atomic E-state index is 13.1. The monoisotopic (exact) mass is 482 g/mol. The smallest absolute Gasteiger partial charge is 0.416 e. The first-order valence-electron chi connectivity index (χ1n) is 10.2. The number of hydrogen-bond donors (Lipinski definition) is 2. The Morgan fingerprint density at radius 2 is 1.88 bits per heavy atom. The van der Waals surface area contributed by atoms with Crippen molar-refractivity contribution in [2.45, 2.75) is 30.7 Å². The normalized spacial score (nSPS) is 16.1. The number of amides is 1. The molecule has 2 aromatic heterocycles. The van der Waals surface area contributed by atoms with Crippen molar-refractivity contribution in [3.8, 4) is 11.5 Å². The molecule has 1 saturated heterocycles. The lowest BCUT2D eigenvalue weighted by atomic mass is 9.97. The Morgan fingerprint density at radius 1 is 1.15 bits per heavy atom. The minimum Gasteiger partial charge on any atom is -0.442 e. The zero-order valence-electron chi connectivity index (χ0n) is 17.3. The van der Waals surface area contributed by atoms with Crippen molar-refractivity contribution in [2.75, 3.05) is 13.1 Å². The Morgan fingerprint density at radius 3 is 2.55 bits per heavy atom. The minimum absolute atomic E-state index is 0.0238. The lowest BCUT2D eigenvalue weighted by molar-refractivity contribution is -0.138. The molecule has 0 spiro atoms. The largest absolute Gasteiger partial charge is 0.442 e. The number of carbonyl (C=O) groups is 1. The summed E-state index contributed by atoms with van der Waals surface area (Å²) in [6, 6.07) is 9.60. The van der Waals surface area contributed by atoms with Crippen molar-refractivity contribution in [2.24, 2.45) is 5.92 Å². The second kappa shape index (κ2) is 9.02. The van der Waals surface area contributed by atoms with E-state index < -0.39 is 33.6 Å². The van der Waals surface area contributed by atoms with Crippen LogP contribution in [0.25, 0.3) is 11.5 Å². The summed E-state index contributed by atoms with van der Waals surface area (Å²) < 4.78 is 71.8. The van der Waals surface area contributed by atoms with E-state index in [9.17, 15) is 26.4 Å². The number of benzene rings is 1. The second-order valence-corrected chi connectivity index (χ2v) is 9.51. The van der Waals surface area contributed by atoms with Crippen LogP contribution in [0.5, 0.6) is 0 Å². The molecular weight excluding hydrogens is 461 g/mol. The van der Waals surface area contributed by atoms with Crippen LogP contribution >= 0.6 is 0 Å². The zero-order valence-corrected chi connectivity index (χ0v) is 18.1. The molecule has 1 aliphatic rings. The van der Waals surface area contributed by atoms with Gasteiger partial charge in [0.15, 0.2) is 5.76 Å². The van der Waals surface area contributed by atoms with E-state index in [1.54, 1.807) is 6.07 Å². The van der Waals surface area contributed by atoms with E-state index >= 15 is 0 Å². The maximum Gasteiger partial charge on any atom is 0.416 e. The van der Waals surface area contributed by atoms with E-state index in [1.165, 1.54) is 40.8 Å². The summed E-state index contributed by atoms with van der Waals surface area (Å²) in [5.41, 5.74) is -0.276. The number of nitrogens with zero attached hydrogens (tertiary/aromatic N) is 2. The number of aromatic amines is 1. The predicted octanol–water partition coefficient (Wildman–Crippen LogP) is 3.41. The number of nitrogens with one attached hydrogen (secondary N) is 2. The van der Waals surface area contributed by atoms with Crippen molar-refractivity contribution in [1.82, 2.24) is 19.8 Å². The van der Waals surface area contributed by atoms with E-state index in [-0.39, 0.29) is 43.1 Å². The topological polar surface area (TPSA) is 108 Å². The van der Waals surface area contributed by atoms with Gasteiger partial charge in [0.25, 0.3) is 10.0 Å². The number of halogens is 3. The Labute approximate surface area is 187 Å². The van der Waals surface area contributed by atoms with E-state index in [2.05, 4.69) is 15.5 Å². The number of furan rings is 1. The second-order valence-electron chi connectivity index (χ2n) is 7.64. The highest BCUT2D eigenvalue weighted by atomic mass is 32.2. The summed E-state index contributed by atoms with van der Waals surface area (Å²) in [7, 11) is -3.88. The molecule has 176 valence electrons. The lowest BCUT2D eigenvalue weighted by Crippen LogP contribution is -2.42. The number of carbonyl (C=O) groups excluding carboxylic acids is 1. The van der Waals surface area contributed by atoms with Gasteiger partial charge in [0.2, 0.25) is 11.0 Å². The first-order chi connectivity index (χ1) is 15.7. The van der Waals surface area contributed by atoms with Crippen molar-refractivity contribution in [3.63, 3.8) is 0 Å². The van der Waals surface area contributed by atoms with Crippen LogP contribution in [0.2, 0.25) is 0 Å². The lowest BCUT2D eigenvalue weighted by Gasteiger charge is -2.29. The minimum atomic E-state index is -4.51. The van der Waals surface area contributed by atoms with Crippen LogP contribution in [0.15, 0.2) is 58.2 Å². The molecule has 3 aromatic rings. The molecule has 0 unspecified atom stereocenters. The van der Waals surface area contributed by atoms with Crippen LogP contribution < -0.4 is 5.32 Å². The zero-order chi connectivity index (χ0) is 23.6. The van der Waals surface area contributed by atoms with E-state index in [0.717, 1.165) is 6.07 Å². The molecule has 1 aliphatic heterocycles. The predicted molar refractivity (Wildman–Crippen MR) is 111 cm³/mol. The molecular formula is C21H21F3N4O4S. The summed E-state index contributed by atoms with van der Waals surface area (Å²) in [6.07, 6.45) is -2.49. The molecule has 3 heterocycles. The van der Waals surface area contributed by atoms with Crippen molar-refractivity contribution >= 4 is 15.9 Å². The highest BCUT2D eigenvalue weighted by Gasteiger charge is 2.35. The average molecular weight is 482 g/mol. The van der Waals surface area contributed by atoms with Gasteiger partial charge in [-0.1, -0.05) is 18.2 Å². The van der Waals surface area contributed by atoms with E-state index in [0.29, 0.717) is 11.5 Å². The number of piperidine rings is 1. The highest BCUT2D eigenvalue weighted by molar-refractivity contribution is 7.89. The molecule has 0 saturated carbocycles. The van der Waals surface area contributed by atoms with Gasteiger partial charge in [0.1, 0.15) is 5.69 Å². The number of aromatic nitrogens is 2. The molecule has 8 nitrogen and oxygen atoms in total. The van der Waals surface area contributed by atoms with E-state index in [4.69, 9.17) is 4.42 Å². The van der Waals surface area contributed by atoms with Gasteiger partial charge in [-0.15, -0.1) is 0 Å². The van der Waals surface area contributed by atoms with Crippen LogP contribution in [0.4, 0.5) is 13.2 Å². The first-order valence-corrected chi connectivity index (χ1v) is 11.6. The number of H-pyrrole nitrogens is 1. The molecule has 0 radical (unpaired) electrons. The van der Waals surface area contributed by atoms with E-state index in [1.807, 2.05) is 0 Å². The number of sulfonamides is 1. The maximum absolute atomic E-state index is 13.1. The molecule has 4 rings (SSSR count). The first kappa shape index (κ1) is 23.1. The van der Waals surface area contributed by atoms with Crippen LogP contribution in [-0.2, 0) is 27.5 Å². The highest BCUT2D eigenvalue weighted by Crippen LogP contribution is 2.32. The fourth-order valence-electron chi connectivity index (χ4n) is 3.76. The van der Waals surface area contributed by atoms with Crippen molar-refractivity contribution < 1.29 is 30.8 Å². The van der Waals surface area contributed by atoms with Crippen molar-refractivity contribution in [3.05, 3.63) is 59.8 Å². The Hall–Kier alpha value is -3.12. The SMILES string of the molecule is O=C(NCc1ccccc1C(F)(F)F)C1CCN(S(=O)(=O)c2ccc(-c3ccn[nH]3)o2)CC1. The van der Waals surface area contributed by atoms with Gasteiger partial charge in [-0.3, -0.25) is 9.89 Å². The number of hydrogen-bond acceptors (Lipinski definition) is 5. The third-order valence-electron chi connectivity index (χ3n) is 5.54. The van der Waals surface area contributed by atoms with Crippen LogP contribution in [0, 0.1) is 5.92 Å². The van der Waals surface area contributed by atoms with Gasteiger partial charge in [-0.2, -0.15) is 22.6 Å². The van der Waals surface area contributed by atoms with Crippen molar-refractivity contribution in [1.29, 1.82) is 0 Å². The van der Waals surface area contributed by atoms with Crippen LogP contribution in [0.1, 0.15) is 24.0 Å². The summed E-state index contributed by atoms with van der Waals surface area (Å²) in [6.45, 7) is -0.0604. The molecule has 0 aliphatic carbocycles. The summed E-state index contributed by atoms with van der Waals surface area (Å²) >= 11 is 0. The standard InChI is InChI=1S/C21H21F3N4O4S/c22-21(23,24)16-4-2-1-3-15(16)13-25-20(29)14-8-11-28(12-9-14)33(30,31)19-6-5-18(32-19)17-7-10-26-27-17/h1-7,10,14H,8-9,11-13H2,(H,25,29)(H,26,27). The third kappa shape index (κ3) is 4.96. The van der Waals surface area contributed by atoms with Gasteiger partial charge in [-0.05, 0) is 42.7 Å². The summed E-state index contributed by atoms with van der Waals surface area (Å²) in [5, 5.41) is 8.83. The Balaban J connectivity index is 1.35. The fourth-order valence-corrected chi connectivity index (χ4v) is 5.14. The molecule has 0 atom stereocenters. The van der Waals surface area contributed by atoms with Gasteiger partial charge in [0, 0.05) is 31.7 Å². The third-order valence-corrected chi connectivity index (χ3v) is 7.32. The molecule has 1 fully saturated rings. The molecule has 12 heteroatoms. The molecule has 1 amide bonds. The van der Waals surface area contributed by atoms with Gasteiger partial charge in [0.05, 0.1) is 5.56 Å². The van der Waals surface area contributed by atoms with Gasteiger partial charge < -0.3 is 9.73 Å². The average Bonchev–Trinajstić information content (AvgIpc) is 3.49. The number of alkyl halides is 3. The van der Waals surface area contributed by atoms with Crippen LogP contribution in [-0.4, -0.2) is 41.9 Å². The number of rotatable bonds is 6. The molecule has 33 heavy (non-hydrogen) atoms.